The van der Waals surface area contributed by atoms with Gasteiger partial charge in [-0.3, -0.25) is 9.69 Å². The third kappa shape index (κ3) is 5.78. The average molecular weight is 401 g/mol. The predicted molar refractivity (Wildman–Crippen MR) is 120 cm³/mol. The maximum absolute atomic E-state index is 12.4. The molecule has 1 N–H and O–H groups in total. The van der Waals surface area contributed by atoms with Gasteiger partial charge >= 0.3 is 0 Å². The molecule has 0 unspecified atom stereocenters. The van der Waals surface area contributed by atoms with Gasteiger partial charge in [-0.05, 0) is 22.3 Å². The van der Waals surface area contributed by atoms with E-state index in [4.69, 9.17) is 4.74 Å². The van der Waals surface area contributed by atoms with E-state index in [1.54, 1.807) is 0 Å². The Morgan fingerprint density at radius 2 is 1.53 bits per heavy atom. The first-order valence-corrected chi connectivity index (χ1v) is 10.6. The third-order valence-electron chi connectivity index (χ3n) is 5.42. The third-order valence-corrected chi connectivity index (χ3v) is 5.42. The molecule has 0 aliphatic carbocycles. The van der Waals surface area contributed by atoms with Gasteiger partial charge in [0.15, 0.2) is 0 Å². The predicted octanol–water partition coefficient (Wildman–Crippen LogP) is 3.91. The van der Waals surface area contributed by atoms with E-state index in [0.717, 1.165) is 30.8 Å². The Balaban J connectivity index is 1.23. The fourth-order valence-electron chi connectivity index (χ4n) is 3.81. The van der Waals surface area contributed by atoms with Gasteiger partial charge in [-0.15, -0.1) is 0 Å². The van der Waals surface area contributed by atoms with E-state index in [1.807, 2.05) is 36.4 Å². The van der Waals surface area contributed by atoms with E-state index in [9.17, 15) is 4.79 Å². The molecule has 0 spiro atoms. The Morgan fingerprint density at radius 1 is 0.867 bits per heavy atom. The summed E-state index contributed by atoms with van der Waals surface area (Å²) in [5.74, 6) is 0.0336. The van der Waals surface area contributed by atoms with Crippen LogP contribution < -0.4 is 5.32 Å². The number of morpholine rings is 1. The lowest BCUT2D eigenvalue weighted by atomic mass is 10.0. The van der Waals surface area contributed by atoms with E-state index in [2.05, 4.69) is 58.7 Å². The number of hydrogen-bond acceptors (Lipinski definition) is 3. The summed E-state index contributed by atoms with van der Waals surface area (Å²) in [5, 5.41) is 3.04. The van der Waals surface area contributed by atoms with Crippen molar-refractivity contribution in [2.75, 3.05) is 26.2 Å². The Labute approximate surface area is 178 Å². The molecule has 0 radical (unpaired) electrons. The summed E-state index contributed by atoms with van der Waals surface area (Å²) in [7, 11) is 0. The minimum Gasteiger partial charge on any atom is -0.374 e. The quantitative estimate of drug-likeness (QED) is 0.654. The highest BCUT2D eigenvalue weighted by atomic mass is 16.5. The minimum absolute atomic E-state index is 0.0336. The van der Waals surface area contributed by atoms with Crippen molar-refractivity contribution in [2.24, 2.45) is 0 Å². The SMILES string of the molecule is O=C(Cc1ccc(-c2ccccc2)cc1)NC[C@@H]1CN(Cc2ccccc2)CCO1. The smallest absolute Gasteiger partial charge is 0.224 e. The van der Waals surface area contributed by atoms with Crippen LogP contribution in [0.1, 0.15) is 11.1 Å². The summed E-state index contributed by atoms with van der Waals surface area (Å²) in [6, 6.07) is 28.9. The maximum atomic E-state index is 12.4. The van der Waals surface area contributed by atoms with Crippen LogP contribution in [-0.4, -0.2) is 43.2 Å². The summed E-state index contributed by atoms with van der Waals surface area (Å²) in [6.07, 6.45) is 0.419. The van der Waals surface area contributed by atoms with Crippen molar-refractivity contribution >= 4 is 5.91 Å². The first kappa shape index (κ1) is 20.3. The largest absolute Gasteiger partial charge is 0.374 e. The Hall–Kier alpha value is -2.95. The van der Waals surface area contributed by atoms with Crippen molar-refractivity contribution in [3.63, 3.8) is 0 Å². The van der Waals surface area contributed by atoms with Crippen molar-refractivity contribution < 1.29 is 9.53 Å². The summed E-state index contributed by atoms with van der Waals surface area (Å²) in [5.41, 5.74) is 4.67. The molecule has 3 aromatic rings. The van der Waals surface area contributed by atoms with E-state index in [-0.39, 0.29) is 12.0 Å². The number of amides is 1. The molecule has 4 heteroatoms. The van der Waals surface area contributed by atoms with Crippen molar-refractivity contribution in [3.05, 3.63) is 96.1 Å². The van der Waals surface area contributed by atoms with Crippen LogP contribution in [0.4, 0.5) is 0 Å². The van der Waals surface area contributed by atoms with Crippen LogP contribution >= 0.6 is 0 Å². The van der Waals surface area contributed by atoms with Crippen LogP contribution in [0.5, 0.6) is 0 Å². The van der Waals surface area contributed by atoms with Crippen molar-refractivity contribution in [1.82, 2.24) is 10.2 Å². The fourth-order valence-corrected chi connectivity index (χ4v) is 3.81. The molecule has 4 nitrogen and oxygen atoms in total. The maximum Gasteiger partial charge on any atom is 0.224 e. The monoisotopic (exact) mass is 400 g/mol. The Kier molecular flexibility index (Phi) is 6.91. The van der Waals surface area contributed by atoms with E-state index < -0.39 is 0 Å². The van der Waals surface area contributed by atoms with E-state index >= 15 is 0 Å². The number of benzene rings is 3. The highest BCUT2D eigenvalue weighted by molar-refractivity contribution is 5.78. The molecule has 1 heterocycles. The van der Waals surface area contributed by atoms with Crippen LogP contribution in [0, 0.1) is 0 Å². The molecule has 3 aromatic carbocycles. The van der Waals surface area contributed by atoms with Crippen LogP contribution in [-0.2, 0) is 22.5 Å². The molecule has 1 atom stereocenters. The molecule has 1 fully saturated rings. The summed E-state index contributed by atoms with van der Waals surface area (Å²) >= 11 is 0. The number of nitrogens with one attached hydrogen (secondary N) is 1. The van der Waals surface area contributed by atoms with Crippen LogP contribution in [0.3, 0.4) is 0 Å². The lowest BCUT2D eigenvalue weighted by Gasteiger charge is -2.33. The van der Waals surface area contributed by atoms with Crippen LogP contribution in [0.15, 0.2) is 84.9 Å². The van der Waals surface area contributed by atoms with Gasteiger partial charge in [0.05, 0.1) is 19.1 Å². The molecule has 1 amide bonds. The molecule has 30 heavy (non-hydrogen) atoms. The molecular weight excluding hydrogens is 372 g/mol. The van der Waals surface area contributed by atoms with E-state index in [1.165, 1.54) is 11.1 Å². The average Bonchev–Trinajstić information content (AvgIpc) is 2.80. The molecule has 0 saturated carbocycles. The minimum atomic E-state index is 0.0336. The topological polar surface area (TPSA) is 41.6 Å². The van der Waals surface area contributed by atoms with Crippen molar-refractivity contribution in [2.45, 2.75) is 19.1 Å². The summed E-state index contributed by atoms with van der Waals surface area (Å²) in [6.45, 7) is 3.93. The highest BCUT2D eigenvalue weighted by Gasteiger charge is 2.21. The number of carbonyl (C=O) groups excluding carboxylic acids is 1. The zero-order valence-corrected chi connectivity index (χ0v) is 17.2. The number of ether oxygens (including phenoxy) is 1. The number of nitrogens with zero attached hydrogens (tertiary/aromatic N) is 1. The lowest BCUT2D eigenvalue weighted by Crippen LogP contribution is -2.47. The zero-order chi connectivity index (χ0) is 20.6. The van der Waals surface area contributed by atoms with Crippen LogP contribution in [0.2, 0.25) is 0 Å². The molecule has 4 rings (SSSR count). The van der Waals surface area contributed by atoms with Gasteiger partial charge < -0.3 is 10.1 Å². The molecule has 0 bridgehead atoms. The summed E-state index contributed by atoms with van der Waals surface area (Å²) < 4.78 is 5.85. The molecule has 1 aliphatic rings. The second-order valence-electron chi connectivity index (χ2n) is 7.76. The van der Waals surface area contributed by atoms with Gasteiger partial charge in [-0.2, -0.15) is 0 Å². The van der Waals surface area contributed by atoms with E-state index in [0.29, 0.717) is 19.6 Å². The van der Waals surface area contributed by atoms with Gasteiger partial charge in [0.1, 0.15) is 0 Å². The number of carbonyl (C=O) groups is 1. The second kappa shape index (κ2) is 10.2. The second-order valence-corrected chi connectivity index (χ2v) is 7.76. The van der Waals surface area contributed by atoms with Crippen molar-refractivity contribution in [1.29, 1.82) is 0 Å². The van der Waals surface area contributed by atoms with Gasteiger partial charge in [-0.1, -0.05) is 84.9 Å². The zero-order valence-electron chi connectivity index (χ0n) is 17.2. The Bertz CT molecular complexity index is 926. The lowest BCUT2D eigenvalue weighted by molar-refractivity contribution is -0.121. The fraction of sp³-hybridized carbons (Fsp3) is 0.269. The first-order chi connectivity index (χ1) is 14.8. The molecule has 1 saturated heterocycles. The molecule has 0 aromatic heterocycles. The summed E-state index contributed by atoms with van der Waals surface area (Å²) in [4.78, 5) is 14.8. The van der Waals surface area contributed by atoms with Crippen molar-refractivity contribution in [3.8, 4) is 11.1 Å². The number of rotatable bonds is 7. The molecule has 1 aliphatic heterocycles. The van der Waals surface area contributed by atoms with Gasteiger partial charge in [0.2, 0.25) is 5.91 Å². The highest BCUT2D eigenvalue weighted by Crippen LogP contribution is 2.19. The van der Waals surface area contributed by atoms with Gasteiger partial charge in [0, 0.05) is 26.2 Å². The normalized spacial score (nSPS) is 16.9. The molecule has 154 valence electrons. The Morgan fingerprint density at radius 3 is 2.27 bits per heavy atom. The standard InChI is InChI=1S/C26H28N2O2/c29-26(17-21-11-13-24(14-12-21)23-9-5-2-6-10-23)27-18-25-20-28(15-16-30-25)19-22-7-3-1-4-8-22/h1-14,25H,15-20H2,(H,27,29)/t25-/m1/s1. The first-order valence-electron chi connectivity index (χ1n) is 10.6. The van der Waals surface area contributed by atoms with Gasteiger partial charge in [0.25, 0.3) is 0 Å². The molecular formula is C26H28N2O2. The number of hydrogen-bond donors (Lipinski definition) is 1. The van der Waals surface area contributed by atoms with Crippen LogP contribution in [0.25, 0.3) is 11.1 Å². The van der Waals surface area contributed by atoms with Gasteiger partial charge in [-0.25, -0.2) is 0 Å².